The summed E-state index contributed by atoms with van der Waals surface area (Å²) in [6, 6.07) is 18.4. The first-order chi connectivity index (χ1) is 12.4. The molecule has 2 aromatic rings. The Morgan fingerprint density at radius 2 is 1.76 bits per heavy atom. The molecule has 0 N–H and O–H groups in total. The van der Waals surface area contributed by atoms with Gasteiger partial charge in [0.05, 0.1) is 13.2 Å². The van der Waals surface area contributed by atoms with Crippen LogP contribution in [-0.4, -0.2) is 26.1 Å². The zero-order valence-corrected chi connectivity index (χ0v) is 14.6. The van der Waals surface area contributed by atoms with Crippen molar-refractivity contribution >= 4 is 12.2 Å². The van der Waals surface area contributed by atoms with Crippen LogP contribution in [0, 0.1) is 0 Å². The van der Waals surface area contributed by atoms with Crippen molar-refractivity contribution in [1.29, 1.82) is 0 Å². The minimum atomic E-state index is -0.0187. The predicted molar refractivity (Wildman–Crippen MR) is 101 cm³/mol. The van der Waals surface area contributed by atoms with E-state index in [-0.39, 0.29) is 6.29 Å². The molecule has 1 saturated heterocycles. The topological polar surface area (TPSA) is 27.7 Å². The zero-order valence-electron chi connectivity index (χ0n) is 14.6. The van der Waals surface area contributed by atoms with Crippen LogP contribution in [-0.2, 0) is 9.47 Å². The van der Waals surface area contributed by atoms with E-state index in [1.54, 1.807) is 0 Å². The van der Waals surface area contributed by atoms with Gasteiger partial charge in [-0.2, -0.15) is 0 Å². The van der Waals surface area contributed by atoms with Crippen molar-refractivity contribution in [2.75, 3.05) is 19.8 Å². The smallest absolute Gasteiger partial charge is 0.157 e. The third-order valence-corrected chi connectivity index (χ3v) is 4.16. The Bertz CT molecular complexity index is 645. The predicted octanol–water partition coefficient (Wildman–Crippen LogP) is 5.17. The molecule has 1 heterocycles. The van der Waals surface area contributed by atoms with Crippen LogP contribution in [0.2, 0.25) is 0 Å². The summed E-state index contributed by atoms with van der Waals surface area (Å²) in [5, 5.41) is 0. The lowest BCUT2D eigenvalue weighted by atomic mass is 10.1. The highest BCUT2D eigenvalue weighted by Gasteiger charge is 2.13. The molecule has 1 unspecified atom stereocenters. The number of hydrogen-bond donors (Lipinski definition) is 0. The zero-order chi connectivity index (χ0) is 17.2. The summed E-state index contributed by atoms with van der Waals surface area (Å²) >= 11 is 0. The Morgan fingerprint density at radius 3 is 2.60 bits per heavy atom. The number of hydrogen-bond acceptors (Lipinski definition) is 3. The molecule has 25 heavy (non-hydrogen) atoms. The van der Waals surface area contributed by atoms with E-state index in [4.69, 9.17) is 14.2 Å². The minimum Gasteiger partial charge on any atom is -0.493 e. The fraction of sp³-hybridized carbons (Fsp3) is 0.364. The summed E-state index contributed by atoms with van der Waals surface area (Å²) in [7, 11) is 0. The van der Waals surface area contributed by atoms with Crippen molar-refractivity contribution < 1.29 is 14.2 Å². The fourth-order valence-electron chi connectivity index (χ4n) is 2.80. The van der Waals surface area contributed by atoms with Gasteiger partial charge in [-0.25, -0.2) is 0 Å². The van der Waals surface area contributed by atoms with Gasteiger partial charge in [0, 0.05) is 18.6 Å². The lowest BCUT2D eigenvalue weighted by Crippen LogP contribution is -2.23. The minimum absolute atomic E-state index is 0.0187. The van der Waals surface area contributed by atoms with Gasteiger partial charge in [-0.05, 0) is 30.9 Å². The number of rotatable bonds is 8. The third kappa shape index (κ3) is 6.04. The number of benzene rings is 2. The van der Waals surface area contributed by atoms with E-state index in [9.17, 15) is 0 Å². The second kappa shape index (κ2) is 10.0. The molecule has 0 spiro atoms. The van der Waals surface area contributed by atoms with Crippen LogP contribution in [0.15, 0.2) is 54.6 Å². The first-order valence-electron chi connectivity index (χ1n) is 9.10. The van der Waals surface area contributed by atoms with E-state index in [0.29, 0.717) is 13.2 Å². The highest BCUT2D eigenvalue weighted by Crippen LogP contribution is 2.21. The van der Waals surface area contributed by atoms with Crippen LogP contribution >= 0.6 is 0 Å². The van der Waals surface area contributed by atoms with Crippen LogP contribution in [0.4, 0.5) is 0 Å². The van der Waals surface area contributed by atoms with Gasteiger partial charge in [-0.15, -0.1) is 0 Å². The standard InChI is InChI=1S/C22H26O3/c1-2-9-19(10-3-1)14-15-20-11-4-5-12-21(20)23-17-8-18-25-22-13-6-7-16-24-22/h1-5,9-12,14-15,22H,6-8,13,16-18H2. The van der Waals surface area contributed by atoms with E-state index in [1.807, 2.05) is 36.4 Å². The molecule has 1 aliphatic rings. The van der Waals surface area contributed by atoms with Crippen LogP contribution in [0.5, 0.6) is 5.75 Å². The van der Waals surface area contributed by atoms with Crippen LogP contribution in [0.1, 0.15) is 36.8 Å². The number of para-hydroxylation sites is 1. The maximum Gasteiger partial charge on any atom is 0.157 e. The van der Waals surface area contributed by atoms with Gasteiger partial charge in [0.1, 0.15) is 5.75 Å². The maximum atomic E-state index is 5.94. The molecule has 0 radical (unpaired) electrons. The van der Waals surface area contributed by atoms with E-state index >= 15 is 0 Å². The second-order valence-electron chi connectivity index (χ2n) is 6.15. The highest BCUT2D eigenvalue weighted by atomic mass is 16.7. The van der Waals surface area contributed by atoms with Crippen molar-refractivity contribution in [2.24, 2.45) is 0 Å². The van der Waals surface area contributed by atoms with Crippen molar-refractivity contribution in [3.8, 4) is 5.75 Å². The lowest BCUT2D eigenvalue weighted by molar-refractivity contribution is -0.163. The molecule has 132 valence electrons. The van der Waals surface area contributed by atoms with Crippen LogP contribution < -0.4 is 4.74 Å². The normalized spacial score (nSPS) is 17.7. The molecule has 0 bridgehead atoms. The van der Waals surface area contributed by atoms with E-state index in [1.165, 1.54) is 12.0 Å². The third-order valence-electron chi connectivity index (χ3n) is 4.16. The Kier molecular flexibility index (Phi) is 7.10. The molecule has 0 saturated carbocycles. The highest BCUT2D eigenvalue weighted by molar-refractivity contribution is 5.72. The summed E-state index contributed by atoms with van der Waals surface area (Å²) in [6.07, 6.45) is 8.39. The van der Waals surface area contributed by atoms with Gasteiger partial charge in [0.25, 0.3) is 0 Å². The quantitative estimate of drug-likeness (QED) is 0.491. The maximum absolute atomic E-state index is 5.94. The molecular formula is C22H26O3. The van der Waals surface area contributed by atoms with Crippen molar-refractivity contribution in [3.05, 3.63) is 65.7 Å². The summed E-state index contributed by atoms with van der Waals surface area (Å²) in [6.45, 7) is 2.14. The molecule has 1 aliphatic heterocycles. The van der Waals surface area contributed by atoms with E-state index in [2.05, 4.69) is 30.4 Å². The molecule has 1 fully saturated rings. The Morgan fingerprint density at radius 1 is 0.920 bits per heavy atom. The first kappa shape index (κ1) is 17.7. The lowest BCUT2D eigenvalue weighted by Gasteiger charge is -2.22. The van der Waals surface area contributed by atoms with E-state index in [0.717, 1.165) is 37.2 Å². The molecule has 0 amide bonds. The van der Waals surface area contributed by atoms with E-state index < -0.39 is 0 Å². The van der Waals surface area contributed by atoms with Gasteiger partial charge in [0.2, 0.25) is 0 Å². The van der Waals surface area contributed by atoms with Crippen molar-refractivity contribution in [2.45, 2.75) is 32.0 Å². The van der Waals surface area contributed by atoms with Gasteiger partial charge in [-0.3, -0.25) is 0 Å². The van der Waals surface area contributed by atoms with Gasteiger partial charge < -0.3 is 14.2 Å². The molecule has 3 heteroatoms. The van der Waals surface area contributed by atoms with Crippen molar-refractivity contribution in [3.63, 3.8) is 0 Å². The number of ether oxygens (including phenoxy) is 3. The molecule has 0 aliphatic carbocycles. The van der Waals surface area contributed by atoms with Crippen molar-refractivity contribution in [1.82, 2.24) is 0 Å². The average Bonchev–Trinajstić information content (AvgIpc) is 2.68. The molecule has 2 aromatic carbocycles. The average molecular weight is 338 g/mol. The molecule has 1 atom stereocenters. The SMILES string of the molecule is C(=Cc1ccccc1OCCCOC1CCCCO1)c1ccccc1. The van der Waals surface area contributed by atoms with Crippen LogP contribution in [0.3, 0.4) is 0 Å². The monoisotopic (exact) mass is 338 g/mol. The fourth-order valence-corrected chi connectivity index (χ4v) is 2.80. The summed E-state index contributed by atoms with van der Waals surface area (Å²) in [5.74, 6) is 0.906. The second-order valence-corrected chi connectivity index (χ2v) is 6.15. The molecule has 3 rings (SSSR count). The summed E-state index contributed by atoms with van der Waals surface area (Å²) < 4.78 is 17.2. The molecule has 0 aromatic heterocycles. The Hall–Kier alpha value is -2.10. The largest absolute Gasteiger partial charge is 0.493 e. The summed E-state index contributed by atoms with van der Waals surface area (Å²) in [5.41, 5.74) is 2.26. The molecular weight excluding hydrogens is 312 g/mol. The summed E-state index contributed by atoms with van der Waals surface area (Å²) in [4.78, 5) is 0. The Labute approximate surface area is 150 Å². The van der Waals surface area contributed by atoms with Gasteiger partial charge >= 0.3 is 0 Å². The molecule has 3 nitrogen and oxygen atoms in total. The van der Waals surface area contributed by atoms with Crippen LogP contribution in [0.25, 0.3) is 12.2 Å². The first-order valence-corrected chi connectivity index (χ1v) is 9.10. The van der Waals surface area contributed by atoms with Gasteiger partial charge in [0.15, 0.2) is 6.29 Å². The Balaban J connectivity index is 1.45. The van der Waals surface area contributed by atoms with Gasteiger partial charge in [-0.1, -0.05) is 60.7 Å².